The van der Waals surface area contributed by atoms with E-state index in [1.165, 1.54) is 0 Å². The molecule has 0 heterocycles. The van der Waals surface area contributed by atoms with Gasteiger partial charge in [0.25, 0.3) is 6.43 Å². The molecule has 0 bridgehead atoms. The number of carbonyl (C=O) groups excluding carboxylic acids is 1. The van der Waals surface area contributed by atoms with Crippen LogP contribution < -0.4 is 5.32 Å². The maximum absolute atomic E-state index is 11.6. The Labute approximate surface area is 73.7 Å². The highest BCUT2D eigenvalue weighted by molar-refractivity contribution is 6.18. The van der Waals surface area contributed by atoms with Gasteiger partial charge in [0.1, 0.15) is 6.10 Å². The van der Waals surface area contributed by atoms with Gasteiger partial charge in [0.05, 0.1) is 0 Å². The number of aliphatic hydroxyl groups excluding tert-OH is 1. The van der Waals surface area contributed by atoms with Gasteiger partial charge in [0.2, 0.25) is 5.91 Å². The number of nitrogens with one attached hydrogen (secondary N) is 1. The predicted molar refractivity (Wildman–Crippen MR) is 40.4 cm³/mol. The monoisotopic (exact) mass is 201 g/mol. The number of hydrogen-bond acceptors (Lipinski definition) is 2. The topological polar surface area (TPSA) is 49.3 Å². The number of halogens is 3. The zero-order valence-electron chi connectivity index (χ0n) is 6.27. The molecule has 1 amide bonds. The molecule has 0 aromatic rings. The van der Waals surface area contributed by atoms with Crippen LogP contribution in [0.2, 0.25) is 0 Å². The number of rotatable bonds is 5. The van der Waals surface area contributed by atoms with Crippen molar-refractivity contribution >= 4 is 17.5 Å². The lowest BCUT2D eigenvalue weighted by molar-refractivity contribution is -0.121. The largest absolute Gasteiger partial charge is 0.385 e. The van der Waals surface area contributed by atoms with Gasteiger partial charge in [0, 0.05) is 18.8 Å². The van der Waals surface area contributed by atoms with Gasteiger partial charge in [0.15, 0.2) is 0 Å². The number of carbonyl (C=O) groups is 1. The minimum Gasteiger partial charge on any atom is -0.385 e. The van der Waals surface area contributed by atoms with Crippen LogP contribution >= 0.6 is 11.6 Å². The molecule has 0 saturated carbocycles. The van der Waals surface area contributed by atoms with Crippen molar-refractivity contribution in [3.05, 3.63) is 0 Å². The maximum atomic E-state index is 11.6. The van der Waals surface area contributed by atoms with E-state index in [-0.39, 0.29) is 12.3 Å². The van der Waals surface area contributed by atoms with Crippen molar-refractivity contribution in [1.29, 1.82) is 0 Å². The molecule has 0 fully saturated rings. The summed E-state index contributed by atoms with van der Waals surface area (Å²) in [4.78, 5) is 10.6. The first kappa shape index (κ1) is 11.6. The van der Waals surface area contributed by atoms with Gasteiger partial charge in [-0.25, -0.2) is 8.78 Å². The summed E-state index contributed by atoms with van der Waals surface area (Å²) in [5.41, 5.74) is 0. The lowest BCUT2D eigenvalue weighted by atomic mass is 10.3. The van der Waals surface area contributed by atoms with Crippen LogP contribution in [0.25, 0.3) is 0 Å². The average Bonchev–Trinajstić information content (AvgIpc) is 2.00. The highest BCUT2D eigenvalue weighted by atomic mass is 35.5. The Morgan fingerprint density at radius 3 is 2.58 bits per heavy atom. The molecule has 0 aliphatic rings. The molecule has 1 unspecified atom stereocenters. The van der Waals surface area contributed by atoms with Crippen molar-refractivity contribution in [2.24, 2.45) is 0 Å². The van der Waals surface area contributed by atoms with Crippen LogP contribution in [0.3, 0.4) is 0 Å². The van der Waals surface area contributed by atoms with E-state index in [9.17, 15) is 13.6 Å². The first-order valence-corrected chi connectivity index (χ1v) is 3.90. The van der Waals surface area contributed by atoms with Gasteiger partial charge in [-0.05, 0) is 0 Å². The van der Waals surface area contributed by atoms with Gasteiger partial charge in [-0.1, -0.05) is 0 Å². The lowest BCUT2D eigenvalue weighted by Crippen LogP contribution is -2.35. The molecule has 0 aliphatic heterocycles. The van der Waals surface area contributed by atoms with Crippen LogP contribution in [-0.2, 0) is 4.79 Å². The quantitative estimate of drug-likeness (QED) is 0.631. The Kier molecular flexibility index (Phi) is 5.92. The van der Waals surface area contributed by atoms with Gasteiger partial charge >= 0.3 is 0 Å². The summed E-state index contributed by atoms with van der Waals surface area (Å²) in [6, 6.07) is 0. The molecule has 0 saturated heterocycles. The molecule has 3 nitrogen and oxygen atoms in total. The van der Waals surface area contributed by atoms with Crippen molar-refractivity contribution in [3.63, 3.8) is 0 Å². The Morgan fingerprint density at radius 2 is 2.17 bits per heavy atom. The number of aliphatic hydroxyl groups is 1. The van der Waals surface area contributed by atoms with Crippen molar-refractivity contribution in [2.45, 2.75) is 19.0 Å². The van der Waals surface area contributed by atoms with Gasteiger partial charge in [-0.2, -0.15) is 0 Å². The summed E-state index contributed by atoms with van der Waals surface area (Å²) in [5, 5.41) is 10.7. The molecular formula is C6H10ClF2NO2. The van der Waals surface area contributed by atoms with Crippen LogP contribution in [0.4, 0.5) is 8.78 Å². The van der Waals surface area contributed by atoms with Crippen molar-refractivity contribution < 1.29 is 18.7 Å². The van der Waals surface area contributed by atoms with Gasteiger partial charge in [-0.15, -0.1) is 11.6 Å². The van der Waals surface area contributed by atoms with E-state index in [0.29, 0.717) is 0 Å². The molecule has 0 rings (SSSR count). The van der Waals surface area contributed by atoms with Crippen LogP contribution in [0.15, 0.2) is 0 Å². The Hall–Kier alpha value is -0.420. The van der Waals surface area contributed by atoms with E-state index in [0.717, 1.165) is 0 Å². The molecule has 2 N–H and O–H groups in total. The Morgan fingerprint density at radius 1 is 1.58 bits per heavy atom. The number of hydrogen-bond donors (Lipinski definition) is 2. The van der Waals surface area contributed by atoms with E-state index in [4.69, 9.17) is 16.7 Å². The summed E-state index contributed by atoms with van der Waals surface area (Å²) < 4.78 is 23.3. The zero-order chi connectivity index (χ0) is 9.56. The first-order chi connectivity index (χ1) is 5.57. The summed E-state index contributed by atoms with van der Waals surface area (Å²) >= 11 is 5.20. The summed E-state index contributed by atoms with van der Waals surface area (Å²) in [6.45, 7) is -0.437. The van der Waals surface area contributed by atoms with E-state index in [1.807, 2.05) is 0 Å². The third-order valence-electron chi connectivity index (χ3n) is 1.12. The Bertz CT molecular complexity index is 146. The summed E-state index contributed by atoms with van der Waals surface area (Å²) in [6.07, 6.45) is -4.57. The van der Waals surface area contributed by atoms with Crippen molar-refractivity contribution in [1.82, 2.24) is 5.32 Å². The second-order valence-electron chi connectivity index (χ2n) is 2.14. The van der Waals surface area contributed by atoms with Crippen LogP contribution in [-0.4, -0.2) is 36.0 Å². The van der Waals surface area contributed by atoms with E-state index in [2.05, 4.69) is 5.32 Å². The average molecular weight is 202 g/mol. The molecule has 72 valence electrons. The zero-order valence-corrected chi connectivity index (χ0v) is 7.02. The van der Waals surface area contributed by atoms with Crippen LogP contribution in [0.1, 0.15) is 6.42 Å². The van der Waals surface area contributed by atoms with E-state index in [1.54, 1.807) is 0 Å². The number of alkyl halides is 3. The van der Waals surface area contributed by atoms with Gasteiger partial charge in [-0.3, -0.25) is 4.79 Å². The highest BCUT2D eigenvalue weighted by Crippen LogP contribution is 1.98. The SMILES string of the molecule is O=C(CCCl)NCC(O)C(F)F. The second-order valence-corrected chi connectivity index (χ2v) is 2.52. The minimum absolute atomic E-state index is 0.0670. The smallest absolute Gasteiger partial charge is 0.265 e. The van der Waals surface area contributed by atoms with Crippen LogP contribution in [0.5, 0.6) is 0 Å². The molecule has 12 heavy (non-hydrogen) atoms. The standard InChI is InChI=1S/C6H10ClF2NO2/c7-2-1-5(12)10-3-4(11)6(8)9/h4,6,11H,1-3H2,(H,10,12). The predicted octanol–water partition coefficient (Wildman–Crippen LogP) is 0.357. The fraction of sp³-hybridized carbons (Fsp3) is 0.833. The Balaban J connectivity index is 3.47. The summed E-state index contributed by atoms with van der Waals surface area (Å²) in [7, 11) is 0. The number of amides is 1. The molecule has 0 spiro atoms. The minimum atomic E-state index is -2.83. The molecule has 0 aromatic heterocycles. The molecule has 1 atom stereocenters. The van der Waals surface area contributed by atoms with Crippen molar-refractivity contribution in [3.8, 4) is 0 Å². The fourth-order valence-electron chi connectivity index (χ4n) is 0.482. The van der Waals surface area contributed by atoms with E-state index >= 15 is 0 Å². The lowest BCUT2D eigenvalue weighted by Gasteiger charge is -2.09. The van der Waals surface area contributed by atoms with E-state index < -0.39 is 25.0 Å². The second kappa shape index (κ2) is 6.14. The third kappa shape index (κ3) is 5.26. The highest BCUT2D eigenvalue weighted by Gasteiger charge is 2.16. The van der Waals surface area contributed by atoms with Gasteiger partial charge < -0.3 is 10.4 Å². The third-order valence-corrected chi connectivity index (χ3v) is 1.31. The normalized spacial score (nSPS) is 13.1. The molecule has 6 heteroatoms. The maximum Gasteiger partial charge on any atom is 0.265 e. The van der Waals surface area contributed by atoms with Crippen molar-refractivity contribution in [2.75, 3.05) is 12.4 Å². The molecule has 0 radical (unpaired) electrons. The fourth-order valence-corrected chi connectivity index (χ4v) is 0.653. The van der Waals surface area contributed by atoms with Crippen LogP contribution in [0, 0.1) is 0 Å². The molecule has 0 aliphatic carbocycles. The molecule has 0 aromatic carbocycles. The molecular weight excluding hydrogens is 192 g/mol. The first-order valence-electron chi connectivity index (χ1n) is 3.36. The summed E-state index contributed by atoms with van der Waals surface area (Å²) in [5.74, 6) is -0.305.